The molecule has 1 unspecified atom stereocenters. The molecule has 1 aromatic carbocycles. The van der Waals surface area contributed by atoms with Crippen molar-refractivity contribution in [2.45, 2.75) is 66.7 Å². The van der Waals surface area contributed by atoms with E-state index in [1.165, 1.54) is 0 Å². The Labute approximate surface area is 154 Å². The smallest absolute Gasteiger partial charge is 0.338 e. The SMILES string of the molecule is Cc1nc2ccc(C(=O)OC(C)C(=O)N(C(C)C)C(C)C)cc2nc1C. The first-order valence-electron chi connectivity index (χ1n) is 8.90. The number of ether oxygens (including phenoxy) is 1. The maximum atomic E-state index is 12.6. The lowest BCUT2D eigenvalue weighted by atomic mass is 10.1. The molecule has 0 spiro atoms. The number of aryl methyl sites for hydroxylation is 2. The van der Waals surface area contributed by atoms with Gasteiger partial charge in [0.25, 0.3) is 5.91 Å². The lowest BCUT2D eigenvalue weighted by Crippen LogP contribution is -2.47. The number of benzene rings is 1. The molecule has 1 atom stereocenters. The molecule has 0 aliphatic heterocycles. The molecule has 1 amide bonds. The maximum absolute atomic E-state index is 12.6. The molecule has 140 valence electrons. The van der Waals surface area contributed by atoms with E-state index in [-0.39, 0.29) is 18.0 Å². The summed E-state index contributed by atoms with van der Waals surface area (Å²) in [6, 6.07) is 5.11. The van der Waals surface area contributed by atoms with Crippen LogP contribution in [0.2, 0.25) is 0 Å². The van der Waals surface area contributed by atoms with E-state index in [1.54, 1.807) is 30.0 Å². The van der Waals surface area contributed by atoms with Crippen molar-refractivity contribution in [1.82, 2.24) is 14.9 Å². The summed E-state index contributed by atoms with van der Waals surface area (Å²) in [5.41, 5.74) is 3.38. The van der Waals surface area contributed by atoms with Crippen molar-refractivity contribution in [3.05, 3.63) is 35.2 Å². The fourth-order valence-electron chi connectivity index (χ4n) is 2.95. The zero-order valence-corrected chi connectivity index (χ0v) is 16.5. The van der Waals surface area contributed by atoms with E-state index >= 15 is 0 Å². The molecule has 6 nitrogen and oxygen atoms in total. The first-order valence-corrected chi connectivity index (χ1v) is 8.90. The molecule has 0 bridgehead atoms. The van der Waals surface area contributed by atoms with Gasteiger partial charge in [-0.15, -0.1) is 0 Å². The molecule has 1 aromatic heterocycles. The Kier molecular flexibility index (Phi) is 5.95. The first kappa shape index (κ1) is 19.8. The van der Waals surface area contributed by atoms with Crippen LogP contribution in [0.25, 0.3) is 11.0 Å². The molecule has 1 heterocycles. The van der Waals surface area contributed by atoms with Crippen molar-refractivity contribution in [1.29, 1.82) is 0 Å². The van der Waals surface area contributed by atoms with E-state index < -0.39 is 12.1 Å². The Morgan fingerprint density at radius 3 is 2.00 bits per heavy atom. The molecule has 0 radical (unpaired) electrons. The highest BCUT2D eigenvalue weighted by Crippen LogP contribution is 2.16. The molecule has 0 aliphatic rings. The Balaban J connectivity index is 2.20. The number of carbonyl (C=O) groups excluding carboxylic acids is 2. The lowest BCUT2D eigenvalue weighted by molar-refractivity contribution is -0.143. The number of hydrogen-bond acceptors (Lipinski definition) is 5. The third-order valence-corrected chi connectivity index (χ3v) is 4.31. The number of nitrogens with zero attached hydrogens (tertiary/aromatic N) is 3. The number of aromatic nitrogens is 2. The van der Waals surface area contributed by atoms with E-state index in [0.29, 0.717) is 11.1 Å². The van der Waals surface area contributed by atoms with Crippen molar-refractivity contribution in [3.8, 4) is 0 Å². The molecule has 2 rings (SSSR count). The number of esters is 1. The predicted molar refractivity (Wildman–Crippen MR) is 101 cm³/mol. The minimum atomic E-state index is -0.853. The third-order valence-electron chi connectivity index (χ3n) is 4.31. The van der Waals surface area contributed by atoms with Gasteiger partial charge in [0.2, 0.25) is 0 Å². The van der Waals surface area contributed by atoms with Crippen LogP contribution >= 0.6 is 0 Å². The van der Waals surface area contributed by atoms with Crippen LogP contribution in [-0.4, -0.2) is 44.9 Å². The van der Waals surface area contributed by atoms with Crippen LogP contribution in [0.15, 0.2) is 18.2 Å². The Morgan fingerprint density at radius 2 is 1.46 bits per heavy atom. The van der Waals surface area contributed by atoms with Gasteiger partial charge in [-0.25, -0.2) is 14.8 Å². The highest BCUT2D eigenvalue weighted by Gasteiger charge is 2.28. The molecule has 2 aromatic rings. The Morgan fingerprint density at radius 1 is 0.923 bits per heavy atom. The van der Waals surface area contributed by atoms with Crippen LogP contribution < -0.4 is 0 Å². The van der Waals surface area contributed by atoms with Gasteiger partial charge in [0.1, 0.15) is 0 Å². The monoisotopic (exact) mass is 357 g/mol. The first-order chi connectivity index (χ1) is 12.1. The van der Waals surface area contributed by atoms with E-state index in [9.17, 15) is 9.59 Å². The normalized spacial score (nSPS) is 12.5. The van der Waals surface area contributed by atoms with Crippen LogP contribution in [0.1, 0.15) is 56.4 Å². The molecule has 26 heavy (non-hydrogen) atoms. The number of carbonyl (C=O) groups is 2. The molecule has 6 heteroatoms. The molecule has 0 aliphatic carbocycles. The van der Waals surface area contributed by atoms with Crippen LogP contribution in [0.5, 0.6) is 0 Å². The summed E-state index contributed by atoms with van der Waals surface area (Å²) in [5, 5.41) is 0. The van der Waals surface area contributed by atoms with Gasteiger partial charge in [-0.1, -0.05) is 0 Å². The topological polar surface area (TPSA) is 72.4 Å². The summed E-state index contributed by atoms with van der Waals surface area (Å²) in [5.74, 6) is -0.740. The molecular formula is C20H27N3O3. The third kappa shape index (κ3) is 4.18. The standard InChI is InChI=1S/C20H27N3O3/c1-11(2)23(12(3)4)19(24)15(7)26-20(25)16-8-9-17-18(10-16)22-14(6)13(5)21-17/h8-12,15H,1-7H3. The minimum Gasteiger partial charge on any atom is -0.449 e. The Bertz CT molecular complexity index is 822. The van der Waals surface area contributed by atoms with E-state index in [0.717, 1.165) is 16.9 Å². The summed E-state index contributed by atoms with van der Waals surface area (Å²) < 4.78 is 5.40. The number of hydrogen-bond donors (Lipinski definition) is 0. The van der Waals surface area contributed by atoms with Gasteiger partial charge in [0.05, 0.1) is 28.0 Å². The van der Waals surface area contributed by atoms with Crippen LogP contribution in [0.3, 0.4) is 0 Å². The van der Waals surface area contributed by atoms with Gasteiger partial charge < -0.3 is 9.64 Å². The largest absolute Gasteiger partial charge is 0.449 e. The van der Waals surface area contributed by atoms with E-state index in [4.69, 9.17) is 4.74 Å². The van der Waals surface area contributed by atoms with Gasteiger partial charge in [0.15, 0.2) is 6.10 Å². The highest BCUT2D eigenvalue weighted by atomic mass is 16.5. The van der Waals surface area contributed by atoms with Gasteiger partial charge in [0, 0.05) is 12.1 Å². The van der Waals surface area contributed by atoms with E-state index in [1.807, 2.05) is 41.5 Å². The molecule has 0 saturated carbocycles. The van der Waals surface area contributed by atoms with Crippen LogP contribution in [0.4, 0.5) is 0 Å². The second-order valence-corrected chi connectivity index (χ2v) is 7.08. The van der Waals surface area contributed by atoms with Gasteiger partial charge >= 0.3 is 5.97 Å². The van der Waals surface area contributed by atoms with Crippen molar-refractivity contribution in [3.63, 3.8) is 0 Å². The summed E-state index contributed by atoms with van der Waals surface area (Å²) in [6.07, 6.45) is -0.853. The molecule has 0 fully saturated rings. The van der Waals surface area contributed by atoms with Crippen molar-refractivity contribution >= 4 is 22.9 Å². The van der Waals surface area contributed by atoms with Crippen molar-refractivity contribution < 1.29 is 14.3 Å². The number of rotatable bonds is 5. The fraction of sp³-hybridized carbons (Fsp3) is 0.500. The molecule has 0 saturated heterocycles. The van der Waals surface area contributed by atoms with Crippen LogP contribution in [-0.2, 0) is 9.53 Å². The quantitative estimate of drug-likeness (QED) is 0.767. The Hall–Kier alpha value is -2.50. The van der Waals surface area contributed by atoms with Gasteiger partial charge in [-0.2, -0.15) is 0 Å². The predicted octanol–water partition coefficient (Wildman–Crippen LogP) is 3.44. The van der Waals surface area contributed by atoms with Crippen molar-refractivity contribution in [2.75, 3.05) is 0 Å². The van der Waals surface area contributed by atoms with Gasteiger partial charge in [-0.05, 0) is 66.7 Å². The summed E-state index contributed by atoms with van der Waals surface area (Å²) in [6.45, 7) is 13.1. The highest BCUT2D eigenvalue weighted by molar-refractivity contribution is 5.95. The zero-order valence-electron chi connectivity index (χ0n) is 16.5. The van der Waals surface area contributed by atoms with E-state index in [2.05, 4.69) is 9.97 Å². The minimum absolute atomic E-state index is 0.0332. The lowest BCUT2D eigenvalue weighted by Gasteiger charge is -2.32. The summed E-state index contributed by atoms with van der Waals surface area (Å²) >= 11 is 0. The van der Waals surface area contributed by atoms with Crippen LogP contribution in [0, 0.1) is 13.8 Å². The number of fused-ring (bicyclic) bond motifs is 1. The summed E-state index contributed by atoms with van der Waals surface area (Å²) in [4.78, 5) is 35.7. The average Bonchev–Trinajstić information content (AvgIpc) is 2.54. The van der Waals surface area contributed by atoms with Crippen molar-refractivity contribution in [2.24, 2.45) is 0 Å². The average molecular weight is 357 g/mol. The number of amides is 1. The zero-order chi connectivity index (χ0) is 19.6. The summed E-state index contributed by atoms with van der Waals surface area (Å²) in [7, 11) is 0. The van der Waals surface area contributed by atoms with Gasteiger partial charge in [-0.3, -0.25) is 4.79 Å². The molecular weight excluding hydrogens is 330 g/mol. The molecule has 0 N–H and O–H groups in total. The maximum Gasteiger partial charge on any atom is 0.338 e. The second kappa shape index (κ2) is 7.81. The fourth-order valence-corrected chi connectivity index (χ4v) is 2.95. The second-order valence-electron chi connectivity index (χ2n) is 7.08.